The number of hydrogen-bond acceptors (Lipinski definition) is 6. The summed E-state index contributed by atoms with van der Waals surface area (Å²) < 4.78 is 5.53. The highest BCUT2D eigenvalue weighted by atomic mass is 16.5. The second-order valence-electron chi connectivity index (χ2n) is 10.3. The van der Waals surface area contributed by atoms with Gasteiger partial charge in [-0.2, -0.15) is 5.11 Å². The molecule has 0 fully saturated rings. The first-order chi connectivity index (χ1) is 21.1. The van der Waals surface area contributed by atoms with E-state index in [2.05, 4.69) is 52.5 Å². The van der Waals surface area contributed by atoms with E-state index in [0.29, 0.717) is 22.7 Å². The Morgan fingerprint density at radius 1 is 0.581 bits per heavy atom. The summed E-state index contributed by atoms with van der Waals surface area (Å²) in [5.41, 5.74) is 5.79. The molecule has 43 heavy (non-hydrogen) atoms. The molecule has 0 aliphatic carbocycles. The van der Waals surface area contributed by atoms with Crippen molar-refractivity contribution < 1.29 is 9.53 Å². The summed E-state index contributed by atoms with van der Waals surface area (Å²) in [6.07, 6.45) is 2.07. The van der Waals surface area contributed by atoms with Crippen LogP contribution in [-0.2, 0) is 6.42 Å². The lowest BCUT2D eigenvalue weighted by Gasteiger charge is -2.06. The Balaban J connectivity index is 1.19. The fourth-order valence-electron chi connectivity index (χ4n) is 5.03. The smallest absolute Gasteiger partial charge is 0.343 e. The van der Waals surface area contributed by atoms with Gasteiger partial charge in [0.25, 0.3) is 0 Å². The summed E-state index contributed by atoms with van der Waals surface area (Å²) in [7, 11) is 0. The fraction of sp³-hybridized carbons (Fsp3) is 0.108. The van der Waals surface area contributed by atoms with Crippen molar-refractivity contribution in [1.29, 1.82) is 0 Å². The zero-order valence-corrected chi connectivity index (χ0v) is 24.1. The van der Waals surface area contributed by atoms with E-state index in [9.17, 15) is 4.79 Å². The molecule has 0 N–H and O–H groups in total. The van der Waals surface area contributed by atoms with Crippen LogP contribution >= 0.6 is 0 Å². The second kappa shape index (κ2) is 12.6. The molecule has 0 amide bonds. The average molecular weight is 563 g/mol. The zero-order chi connectivity index (χ0) is 29.6. The lowest BCUT2D eigenvalue weighted by Crippen LogP contribution is -2.08. The minimum Gasteiger partial charge on any atom is -0.423 e. The molecule has 0 unspecified atom stereocenters. The SMILES string of the molecule is CCCc1ccc(OC(=O)c2ccc(N=Nc3ccc(N=Nc4ccc(C)c5ccccc45)c4ccccc34)cc2)cc1. The number of esters is 1. The molecule has 6 heteroatoms. The van der Waals surface area contributed by atoms with Gasteiger partial charge < -0.3 is 4.74 Å². The highest BCUT2D eigenvalue weighted by molar-refractivity contribution is 6.00. The minimum atomic E-state index is -0.416. The number of rotatable bonds is 8. The molecule has 6 nitrogen and oxygen atoms in total. The summed E-state index contributed by atoms with van der Waals surface area (Å²) in [5, 5.41) is 22.3. The molecule has 0 spiro atoms. The van der Waals surface area contributed by atoms with Gasteiger partial charge in [0.2, 0.25) is 0 Å². The Morgan fingerprint density at radius 2 is 1.09 bits per heavy atom. The molecule has 0 bridgehead atoms. The first-order valence-corrected chi connectivity index (χ1v) is 14.3. The van der Waals surface area contributed by atoms with Crippen molar-refractivity contribution in [2.24, 2.45) is 20.5 Å². The van der Waals surface area contributed by atoms with Crippen molar-refractivity contribution in [1.82, 2.24) is 0 Å². The van der Waals surface area contributed by atoms with E-state index in [0.717, 1.165) is 40.4 Å². The predicted molar refractivity (Wildman–Crippen MR) is 173 cm³/mol. The van der Waals surface area contributed by atoms with Crippen molar-refractivity contribution >= 4 is 50.3 Å². The van der Waals surface area contributed by atoms with Crippen LogP contribution in [-0.4, -0.2) is 5.97 Å². The van der Waals surface area contributed by atoms with E-state index in [1.807, 2.05) is 78.9 Å². The lowest BCUT2D eigenvalue weighted by atomic mass is 10.0. The van der Waals surface area contributed by atoms with Crippen molar-refractivity contribution in [2.45, 2.75) is 26.7 Å². The van der Waals surface area contributed by atoms with Gasteiger partial charge in [-0.25, -0.2) is 4.79 Å². The molecular formula is C37H30N4O2. The molecule has 0 saturated carbocycles. The summed E-state index contributed by atoms with van der Waals surface area (Å²) in [6, 6.07) is 38.6. The van der Waals surface area contributed by atoms with Gasteiger partial charge in [-0.05, 0) is 84.5 Å². The van der Waals surface area contributed by atoms with Crippen LogP contribution in [0.15, 0.2) is 142 Å². The summed E-state index contributed by atoms with van der Waals surface area (Å²) in [4.78, 5) is 12.6. The lowest BCUT2D eigenvalue weighted by molar-refractivity contribution is 0.0734. The maximum atomic E-state index is 12.6. The van der Waals surface area contributed by atoms with Gasteiger partial charge in [-0.15, -0.1) is 15.3 Å². The summed E-state index contributed by atoms with van der Waals surface area (Å²) in [5.74, 6) is 0.108. The van der Waals surface area contributed by atoms with Crippen LogP contribution in [0.2, 0.25) is 0 Å². The van der Waals surface area contributed by atoms with Gasteiger partial charge in [0.05, 0.1) is 28.3 Å². The number of carbonyl (C=O) groups excluding carboxylic acids is 1. The molecular weight excluding hydrogens is 532 g/mol. The van der Waals surface area contributed by atoms with E-state index in [4.69, 9.17) is 4.74 Å². The van der Waals surface area contributed by atoms with Gasteiger partial charge in [-0.1, -0.05) is 80.1 Å². The third-order valence-electron chi connectivity index (χ3n) is 7.31. The largest absolute Gasteiger partial charge is 0.423 e. The number of fused-ring (bicyclic) bond motifs is 2. The standard InChI is InChI=1S/C37H30N4O2/c1-3-8-26-14-20-29(21-15-26)43-37(42)27-16-18-28(19-17-27)38-39-35-23-24-36(33-12-7-6-11-32(33)35)41-40-34-22-13-25(2)30-9-4-5-10-31(30)34/h4-7,9-24H,3,8H2,1-2H3. The van der Waals surface area contributed by atoms with E-state index >= 15 is 0 Å². The molecule has 0 heterocycles. The molecule has 0 aliphatic heterocycles. The van der Waals surface area contributed by atoms with E-state index in [1.165, 1.54) is 16.5 Å². The molecule has 210 valence electrons. The van der Waals surface area contributed by atoms with Crippen LogP contribution < -0.4 is 4.74 Å². The minimum absolute atomic E-state index is 0.416. The maximum absolute atomic E-state index is 12.6. The van der Waals surface area contributed by atoms with Crippen LogP contribution in [0.1, 0.15) is 34.8 Å². The van der Waals surface area contributed by atoms with E-state index < -0.39 is 5.97 Å². The van der Waals surface area contributed by atoms with Gasteiger partial charge in [0, 0.05) is 16.2 Å². The normalized spacial score (nSPS) is 11.6. The predicted octanol–water partition coefficient (Wildman–Crippen LogP) is 11.3. The maximum Gasteiger partial charge on any atom is 0.343 e. The molecule has 0 aliphatic rings. The molecule has 6 rings (SSSR count). The Morgan fingerprint density at radius 3 is 1.67 bits per heavy atom. The Bertz CT molecular complexity index is 1980. The number of carbonyl (C=O) groups is 1. The number of azo groups is 2. The first-order valence-electron chi connectivity index (χ1n) is 14.3. The van der Waals surface area contributed by atoms with Gasteiger partial charge in [0.1, 0.15) is 5.75 Å². The second-order valence-corrected chi connectivity index (χ2v) is 10.3. The average Bonchev–Trinajstić information content (AvgIpc) is 3.05. The first kappa shape index (κ1) is 27.7. The Kier molecular flexibility index (Phi) is 8.09. The van der Waals surface area contributed by atoms with Crippen molar-refractivity contribution in [3.8, 4) is 5.75 Å². The third-order valence-corrected chi connectivity index (χ3v) is 7.31. The molecule has 6 aromatic rings. The van der Waals surface area contributed by atoms with Crippen LogP contribution in [0.5, 0.6) is 5.75 Å². The number of nitrogens with zero attached hydrogens (tertiary/aromatic N) is 4. The van der Waals surface area contributed by atoms with Crippen molar-refractivity contribution in [3.63, 3.8) is 0 Å². The number of aryl methyl sites for hydroxylation is 2. The van der Waals surface area contributed by atoms with Crippen molar-refractivity contribution in [3.05, 3.63) is 138 Å². The fourth-order valence-corrected chi connectivity index (χ4v) is 5.03. The highest BCUT2D eigenvalue weighted by Gasteiger charge is 2.10. The van der Waals surface area contributed by atoms with Crippen molar-refractivity contribution in [2.75, 3.05) is 0 Å². The molecule has 6 aromatic carbocycles. The Hall–Kier alpha value is -5.49. The molecule has 0 aromatic heterocycles. The number of hydrogen-bond donors (Lipinski definition) is 0. The van der Waals surface area contributed by atoms with Crippen LogP contribution in [0.4, 0.5) is 22.7 Å². The topological polar surface area (TPSA) is 75.7 Å². The number of ether oxygens (including phenoxy) is 1. The summed E-state index contributed by atoms with van der Waals surface area (Å²) >= 11 is 0. The molecule has 0 radical (unpaired) electrons. The molecule has 0 saturated heterocycles. The molecule has 0 atom stereocenters. The van der Waals surface area contributed by atoms with Crippen LogP contribution in [0.3, 0.4) is 0 Å². The van der Waals surface area contributed by atoms with E-state index in [-0.39, 0.29) is 0 Å². The number of benzene rings is 6. The Labute approximate surface area is 250 Å². The zero-order valence-electron chi connectivity index (χ0n) is 24.1. The van der Waals surface area contributed by atoms with Gasteiger partial charge in [-0.3, -0.25) is 0 Å². The van der Waals surface area contributed by atoms with Crippen LogP contribution in [0.25, 0.3) is 21.5 Å². The summed E-state index contributed by atoms with van der Waals surface area (Å²) in [6.45, 7) is 4.23. The monoisotopic (exact) mass is 562 g/mol. The van der Waals surface area contributed by atoms with E-state index in [1.54, 1.807) is 24.3 Å². The third kappa shape index (κ3) is 6.23. The van der Waals surface area contributed by atoms with Crippen LogP contribution in [0, 0.1) is 6.92 Å². The quantitative estimate of drug-likeness (QED) is 0.105. The highest BCUT2D eigenvalue weighted by Crippen LogP contribution is 2.36. The van der Waals surface area contributed by atoms with Gasteiger partial charge >= 0.3 is 5.97 Å². The van der Waals surface area contributed by atoms with Gasteiger partial charge in [0.15, 0.2) is 0 Å².